The number of benzene rings is 1. The highest BCUT2D eigenvalue weighted by Gasteiger charge is 2.37. The Morgan fingerprint density at radius 3 is 2.71 bits per heavy atom. The highest BCUT2D eigenvalue weighted by atomic mass is 16.4. The summed E-state index contributed by atoms with van der Waals surface area (Å²) in [5.41, 5.74) is 12.6. The molecule has 1 aromatic carbocycles. The van der Waals surface area contributed by atoms with Crippen molar-refractivity contribution in [2.24, 2.45) is 11.5 Å². The number of carboxylic acid groups (broad SMARTS) is 1. The molecule has 31 heavy (non-hydrogen) atoms. The number of carboxylic acids is 1. The molecule has 3 rings (SSSR count). The van der Waals surface area contributed by atoms with Gasteiger partial charge in [0.1, 0.15) is 12.1 Å². The molecule has 0 radical (unpaired) electrons. The van der Waals surface area contributed by atoms with Gasteiger partial charge in [0.25, 0.3) is 0 Å². The maximum Gasteiger partial charge on any atom is 0.326 e. The predicted molar refractivity (Wildman–Crippen MR) is 113 cm³/mol. The van der Waals surface area contributed by atoms with E-state index in [0.29, 0.717) is 19.4 Å². The van der Waals surface area contributed by atoms with Gasteiger partial charge in [-0.15, -0.1) is 0 Å². The Bertz CT molecular complexity index is 987. The fourth-order valence-electron chi connectivity index (χ4n) is 3.93. The molecule has 10 heteroatoms. The molecule has 0 unspecified atom stereocenters. The number of H-pyrrole nitrogens is 1. The molecule has 2 aromatic rings. The molecule has 0 saturated carbocycles. The summed E-state index contributed by atoms with van der Waals surface area (Å²) in [6.45, 7) is 0.349. The summed E-state index contributed by atoms with van der Waals surface area (Å²) < 4.78 is 0. The lowest BCUT2D eigenvalue weighted by molar-refractivity contribution is -0.144. The van der Waals surface area contributed by atoms with E-state index < -0.39 is 41.8 Å². The minimum Gasteiger partial charge on any atom is -0.480 e. The molecule has 1 aliphatic heterocycles. The molecular weight excluding hydrogens is 402 g/mol. The first kappa shape index (κ1) is 22.3. The fraction of sp³-hybridized carbons (Fsp3) is 0.429. The Morgan fingerprint density at radius 2 is 2.00 bits per heavy atom. The van der Waals surface area contributed by atoms with Gasteiger partial charge in [0, 0.05) is 36.5 Å². The molecule has 2 heterocycles. The van der Waals surface area contributed by atoms with E-state index >= 15 is 0 Å². The molecule has 7 N–H and O–H groups in total. The normalized spacial score (nSPS) is 18.0. The van der Waals surface area contributed by atoms with Gasteiger partial charge in [-0.3, -0.25) is 14.4 Å². The van der Waals surface area contributed by atoms with Crippen molar-refractivity contribution < 1.29 is 24.3 Å². The second kappa shape index (κ2) is 9.61. The number of fused-ring (bicyclic) bond motifs is 1. The zero-order valence-corrected chi connectivity index (χ0v) is 17.0. The minimum atomic E-state index is -1.16. The summed E-state index contributed by atoms with van der Waals surface area (Å²) in [6, 6.07) is 4.62. The van der Waals surface area contributed by atoms with Crippen molar-refractivity contribution in [3.8, 4) is 0 Å². The van der Waals surface area contributed by atoms with E-state index in [2.05, 4.69) is 10.3 Å². The lowest BCUT2D eigenvalue weighted by Crippen LogP contribution is -2.54. The van der Waals surface area contributed by atoms with Crippen LogP contribution in [-0.4, -0.2) is 63.4 Å². The minimum absolute atomic E-state index is 0.0245. The maximum atomic E-state index is 12.9. The van der Waals surface area contributed by atoms with Gasteiger partial charge in [-0.05, 0) is 30.9 Å². The third-order valence-electron chi connectivity index (χ3n) is 5.57. The average molecular weight is 429 g/mol. The number of nitrogens with zero attached hydrogens (tertiary/aromatic N) is 1. The van der Waals surface area contributed by atoms with Gasteiger partial charge in [0.05, 0.1) is 6.04 Å². The van der Waals surface area contributed by atoms with Crippen LogP contribution in [0, 0.1) is 0 Å². The van der Waals surface area contributed by atoms with Gasteiger partial charge in [-0.25, -0.2) is 4.79 Å². The van der Waals surface area contributed by atoms with E-state index in [9.17, 15) is 24.3 Å². The predicted octanol–water partition coefficient (Wildman–Crippen LogP) is -0.136. The zero-order valence-electron chi connectivity index (χ0n) is 17.0. The number of primary amides is 1. The monoisotopic (exact) mass is 429 g/mol. The molecule has 166 valence electrons. The SMILES string of the molecule is NC(=O)CC[C@H](N)C(=O)N1CCC[C@H]1C(=O)N[C@@H](Cc1c[nH]c2ccccc12)C(=O)O. The second-order valence-corrected chi connectivity index (χ2v) is 7.76. The highest BCUT2D eigenvalue weighted by Crippen LogP contribution is 2.21. The number of para-hydroxylation sites is 1. The van der Waals surface area contributed by atoms with E-state index in [1.807, 2.05) is 24.3 Å². The Balaban J connectivity index is 1.67. The average Bonchev–Trinajstić information content (AvgIpc) is 3.38. The number of rotatable bonds is 9. The largest absolute Gasteiger partial charge is 0.480 e. The van der Waals surface area contributed by atoms with Crippen LogP contribution < -0.4 is 16.8 Å². The quantitative estimate of drug-likeness (QED) is 0.371. The van der Waals surface area contributed by atoms with E-state index in [4.69, 9.17) is 11.5 Å². The molecule has 1 saturated heterocycles. The molecular formula is C21H27N5O5. The fourth-order valence-corrected chi connectivity index (χ4v) is 3.93. The van der Waals surface area contributed by atoms with Gasteiger partial charge < -0.3 is 31.8 Å². The Morgan fingerprint density at radius 1 is 1.26 bits per heavy atom. The number of hydrogen-bond acceptors (Lipinski definition) is 5. The summed E-state index contributed by atoms with van der Waals surface area (Å²) >= 11 is 0. The first-order chi connectivity index (χ1) is 14.8. The van der Waals surface area contributed by atoms with Crippen molar-refractivity contribution in [1.29, 1.82) is 0 Å². The topological polar surface area (TPSA) is 172 Å². The first-order valence-corrected chi connectivity index (χ1v) is 10.2. The lowest BCUT2D eigenvalue weighted by Gasteiger charge is -2.27. The van der Waals surface area contributed by atoms with Crippen molar-refractivity contribution in [3.05, 3.63) is 36.0 Å². The second-order valence-electron chi connectivity index (χ2n) is 7.76. The number of nitrogens with one attached hydrogen (secondary N) is 2. The number of hydrogen-bond donors (Lipinski definition) is 5. The number of carbonyl (C=O) groups excluding carboxylic acids is 3. The summed E-state index contributed by atoms with van der Waals surface area (Å²) in [6.07, 6.45) is 2.92. The molecule has 1 aliphatic rings. The van der Waals surface area contributed by atoms with Gasteiger partial charge >= 0.3 is 5.97 Å². The van der Waals surface area contributed by atoms with Crippen LogP contribution in [0.25, 0.3) is 10.9 Å². The van der Waals surface area contributed by atoms with Gasteiger partial charge in [-0.2, -0.15) is 0 Å². The molecule has 10 nitrogen and oxygen atoms in total. The maximum absolute atomic E-state index is 12.9. The van der Waals surface area contributed by atoms with Crippen LogP contribution in [0.5, 0.6) is 0 Å². The van der Waals surface area contributed by atoms with E-state index in [0.717, 1.165) is 16.5 Å². The summed E-state index contributed by atoms with van der Waals surface area (Å²) in [4.78, 5) is 52.7. The summed E-state index contributed by atoms with van der Waals surface area (Å²) in [5, 5.41) is 13.1. The van der Waals surface area contributed by atoms with E-state index in [1.165, 1.54) is 4.90 Å². The molecule has 0 spiro atoms. The molecule has 0 bridgehead atoms. The van der Waals surface area contributed by atoms with Crippen molar-refractivity contribution in [2.75, 3.05) is 6.54 Å². The molecule has 0 aliphatic carbocycles. The standard InChI is InChI=1S/C21H27N5O5/c22-14(7-8-18(23)27)20(29)26-9-3-6-17(26)19(28)25-16(21(30)31)10-12-11-24-15-5-2-1-4-13(12)15/h1-2,4-5,11,14,16-17,24H,3,6-10,22H2,(H2,23,27)(H,25,28)(H,30,31)/t14-,16-,17-/m0/s1. The van der Waals surface area contributed by atoms with Crippen LogP contribution >= 0.6 is 0 Å². The number of carbonyl (C=O) groups is 4. The van der Waals surface area contributed by atoms with Gasteiger partial charge in [-0.1, -0.05) is 18.2 Å². The first-order valence-electron chi connectivity index (χ1n) is 10.2. The van der Waals surface area contributed by atoms with Crippen LogP contribution in [0.2, 0.25) is 0 Å². The highest BCUT2D eigenvalue weighted by molar-refractivity contribution is 5.93. The molecule has 1 fully saturated rings. The van der Waals surface area contributed by atoms with Crippen LogP contribution in [0.15, 0.2) is 30.5 Å². The Hall–Kier alpha value is -3.40. The van der Waals surface area contributed by atoms with Crippen LogP contribution in [0.3, 0.4) is 0 Å². The number of aliphatic carboxylic acids is 1. The van der Waals surface area contributed by atoms with Crippen molar-refractivity contribution >= 4 is 34.6 Å². The lowest BCUT2D eigenvalue weighted by atomic mass is 10.0. The number of nitrogens with two attached hydrogens (primary N) is 2. The van der Waals surface area contributed by atoms with Crippen molar-refractivity contribution in [2.45, 2.75) is 50.2 Å². The number of aromatic nitrogens is 1. The molecule has 1 aromatic heterocycles. The van der Waals surface area contributed by atoms with Crippen molar-refractivity contribution in [3.63, 3.8) is 0 Å². The van der Waals surface area contributed by atoms with Gasteiger partial charge in [0.2, 0.25) is 17.7 Å². The van der Waals surface area contributed by atoms with Gasteiger partial charge in [0.15, 0.2) is 0 Å². The summed E-state index contributed by atoms with van der Waals surface area (Å²) in [7, 11) is 0. The third kappa shape index (κ3) is 5.21. The van der Waals surface area contributed by atoms with Crippen molar-refractivity contribution in [1.82, 2.24) is 15.2 Å². The molecule has 3 atom stereocenters. The summed E-state index contributed by atoms with van der Waals surface area (Å²) in [5.74, 6) is -2.68. The number of aromatic amines is 1. The number of likely N-dealkylation sites (tertiary alicyclic amines) is 1. The Labute approximate surface area is 178 Å². The number of amides is 3. The third-order valence-corrected chi connectivity index (χ3v) is 5.57. The van der Waals surface area contributed by atoms with Crippen LogP contribution in [0.1, 0.15) is 31.2 Å². The zero-order chi connectivity index (χ0) is 22.5. The Kier molecular flexibility index (Phi) is 6.91. The molecule has 3 amide bonds. The van der Waals surface area contributed by atoms with E-state index in [1.54, 1.807) is 6.20 Å². The van der Waals surface area contributed by atoms with Crippen LogP contribution in [-0.2, 0) is 25.6 Å². The van der Waals surface area contributed by atoms with E-state index in [-0.39, 0.29) is 19.3 Å². The van der Waals surface area contributed by atoms with Crippen LogP contribution in [0.4, 0.5) is 0 Å². The smallest absolute Gasteiger partial charge is 0.326 e.